The number of aromatic nitrogens is 2. The summed E-state index contributed by atoms with van der Waals surface area (Å²) in [6.45, 7) is 1.71. The van der Waals surface area contributed by atoms with Gasteiger partial charge in [-0.3, -0.25) is 0 Å². The van der Waals surface area contributed by atoms with Gasteiger partial charge in [0.05, 0.1) is 11.8 Å². The van der Waals surface area contributed by atoms with Crippen molar-refractivity contribution in [2.75, 3.05) is 30.8 Å². The number of nitrogens with one attached hydrogen (secondary N) is 1. The van der Waals surface area contributed by atoms with Crippen molar-refractivity contribution in [3.05, 3.63) is 30.1 Å². The second kappa shape index (κ2) is 6.99. The maximum atomic E-state index is 12.8. The van der Waals surface area contributed by atoms with E-state index in [-0.39, 0.29) is 11.4 Å². The van der Waals surface area contributed by atoms with Crippen LogP contribution in [0, 0.1) is 5.92 Å². The van der Waals surface area contributed by atoms with Crippen LogP contribution in [0.2, 0.25) is 0 Å². The first-order chi connectivity index (χ1) is 12.1. The first kappa shape index (κ1) is 18.8. The van der Waals surface area contributed by atoms with E-state index in [0.29, 0.717) is 30.8 Å². The molecule has 0 saturated carbocycles. The number of rotatable bonds is 4. The van der Waals surface area contributed by atoms with Gasteiger partial charge in [0.2, 0.25) is 10.0 Å². The van der Waals surface area contributed by atoms with Crippen LogP contribution in [0.5, 0.6) is 0 Å². The van der Waals surface area contributed by atoms with E-state index < -0.39 is 21.9 Å². The van der Waals surface area contributed by atoms with Crippen molar-refractivity contribution in [2.24, 2.45) is 5.92 Å². The molecule has 3 heterocycles. The van der Waals surface area contributed by atoms with E-state index >= 15 is 0 Å². The van der Waals surface area contributed by atoms with Crippen LogP contribution in [0.25, 0.3) is 10.9 Å². The van der Waals surface area contributed by atoms with E-state index in [4.69, 9.17) is 0 Å². The predicted octanol–water partition coefficient (Wildman–Crippen LogP) is 2.41. The molecule has 142 valence electrons. The molecule has 0 spiro atoms. The molecule has 0 aromatic carbocycles. The average Bonchev–Trinajstić information content (AvgIpc) is 2.58. The maximum Gasteiger partial charge on any atom is 0.433 e. The van der Waals surface area contributed by atoms with E-state index in [1.54, 1.807) is 0 Å². The van der Waals surface area contributed by atoms with Crippen molar-refractivity contribution in [3.63, 3.8) is 0 Å². The van der Waals surface area contributed by atoms with Crippen molar-refractivity contribution < 1.29 is 21.6 Å². The summed E-state index contributed by atoms with van der Waals surface area (Å²) < 4.78 is 63.4. The van der Waals surface area contributed by atoms with Crippen LogP contribution in [0.4, 0.5) is 19.0 Å². The zero-order valence-electron chi connectivity index (χ0n) is 14.1. The van der Waals surface area contributed by atoms with Gasteiger partial charge < -0.3 is 4.90 Å². The van der Waals surface area contributed by atoms with E-state index in [1.807, 2.05) is 4.90 Å². The molecule has 0 bridgehead atoms. The molecule has 1 N–H and O–H groups in total. The number of alkyl halides is 3. The fourth-order valence-electron chi connectivity index (χ4n) is 3.07. The standard InChI is InChI=1S/C16H19F3N4O2S/c1-26(24,25)21-10-11-5-8-23(9-6-11)15-12-2-3-14(16(17,18)19)22-13(12)4-7-20-15/h2-4,7,11,21H,5-6,8-10H2,1H3. The molecule has 10 heteroatoms. The number of hydrogen-bond donors (Lipinski definition) is 1. The number of piperidine rings is 1. The Kier molecular flexibility index (Phi) is 5.07. The van der Waals surface area contributed by atoms with Gasteiger partial charge in [0.1, 0.15) is 11.5 Å². The number of halogens is 3. The summed E-state index contributed by atoms with van der Waals surface area (Å²) in [4.78, 5) is 10.0. The summed E-state index contributed by atoms with van der Waals surface area (Å²) >= 11 is 0. The molecular formula is C16H19F3N4O2S. The number of pyridine rings is 2. The highest BCUT2D eigenvalue weighted by Gasteiger charge is 2.32. The van der Waals surface area contributed by atoms with Crippen molar-refractivity contribution in [1.82, 2.24) is 14.7 Å². The maximum absolute atomic E-state index is 12.8. The molecule has 6 nitrogen and oxygen atoms in total. The molecule has 1 saturated heterocycles. The molecule has 1 aliphatic rings. The summed E-state index contributed by atoms with van der Waals surface area (Å²) in [5, 5.41) is 0.577. The number of fused-ring (bicyclic) bond motifs is 1. The first-order valence-electron chi connectivity index (χ1n) is 8.16. The van der Waals surface area contributed by atoms with Gasteiger partial charge >= 0.3 is 6.18 Å². The van der Waals surface area contributed by atoms with Gasteiger partial charge in [-0.15, -0.1) is 0 Å². The normalized spacial score (nSPS) is 17.0. The molecule has 0 unspecified atom stereocenters. The lowest BCUT2D eigenvalue weighted by Gasteiger charge is -2.33. The molecule has 3 rings (SSSR count). The zero-order valence-corrected chi connectivity index (χ0v) is 14.9. The average molecular weight is 388 g/mol. The minimum absolute atomic E-state index is 0.228. The third kappa shape index (κ3) is 4.42. The van der Waals surface area contributed by atoms with Gasteiger partial charge in [-0.25, -0.2) is 23.1 Å². The van der Waals surface area contributed by atoms with Crippen LogP contribution in [0.15, 0.2) is 24.4 Å². The van der Waals surface area contributed by atoms with E-state index in [2.05, 4.69) is 14.7 Å². The summed E-state index contributed by atoms with van der Waals surface area (Å²) in [5.74, 6) is 0.837. The molecular weight excluding hydrogens is 369 g/mol. The van der Waals surface area contributed by atoms with Crippen molar-refractivity contribution in [1.29, 1.82) is 0 Å². The van der Waals surface area contributed by atoms with Crippen LogP contribution in [-0.2, 0) is 16.2 Å². The van der Waals surface area contributed by atoms with Crippen LogP contribution >= 0.6 is 0 Å². The Hall–Kier alpha value is -1.94. The molecule has 2 aromatic rings. The number of hydrogen-bond acceptors (Lipinski definition) is 5. The van der Waals surface area contributed by atoms with E-state index in [9.17, 15) is 21.6 Å². The lowest BCUT2D eigenvalue weighted by atomic mass is 9.97. The molecule has 2 aromatic heterocycles. The van der Waals surface area contributed by atoms with E-state index in [0.717, 1.165) is 25.2 Å². The lowest BCUT2D eigenvalue weighted by molar-refractivity contribution is -0.140. The Balaban J connectivity index is 1.75. The van der Waals surface area contributed by atoms with Gasteiger partial charge in [0.25, 0.3) is 0 Å². The Morgan fingerprint density at radius 2 is 1.92 bits per heavy atom. The molecule has 1 aliphatic heterocycles. The van der Waals surface area contributed by atoms with Crippen LogP contribution in [0.3, 0.4) is 0 Å². The zero-order chi connectivity index (χ0) is 18.9. The van der Waals surface area contributed by atoms with Crippen molar-refractivity contribution >= 4 is 26.7 Å². The second-order valence-electron chi connectivity index (χ2n) is 6.45. The van der Waals surface area contributed by atoms with Crippen molar-refractivity contribution in [2.45, 2.75) is 19.0 Å². The smallest absolute Gasteiger partial charge is 0.356 e. The quantitative estimate of drug-likeness (QED) is 0.871. The molecule has 0 atom stereocenters. The minimum atomic E-state index is -4.48. The largest absolute Gasteiger partial charge is 0.433 e. The third-order valence-electron chi connectivity index (χ3n) is 4.43. The number of anilines is 1. The Morgan fingerprint density at radius 1 is 1.23 bits per heavy atom. The summed E-state index contributed by atoms with van der Waals surface area (Å²) in [7, 11) is -3.21. The van der Waals surface area contributed by atoms with E-state index in [1.165, 1.54) is 18.3 Å². The van der Waals surface area contributed by atoms with Crippen LogP contribution in [-0.4, -0.2) is 44.3 Å². The predicted molar refractivity (Wildman–Crippen MR) is 92.3 cm³/mol. The Labute approximate surface area is 149 Å². The third-order valence-corrected chi connectivity index (χ3v) is 5.12. The highest BCUT2D eigenvalue weighted by Crippen LogP contribution is 2.32. The molecule has 26 heavy (non-hydrogen) atoms. The van der Waals surface area contributed by atoms with Crippen LogP contribution < -0.4 is 9.62 Å². The molecule has 0 amide bonds. The minimum Gasteiger partial charge on any atom is -0.356 e. The molecule has 1 fully saturated rings. The van der Waals surface area contributed by atoms with Gasteiger partial charge in [-0.05, 0) is 37.0 Å². The fourth-order valence-corrected chi connectivity index (χ4v) is 3.61. The molecule has 0 aliphatic carbocycles. The number of sulfonamides is 1. The van der Waals surface area contributed by atoms with Gasteiger partial charge in [-0.2, -0.15) is 13.2 Å². The van der Waals surface area contributed by atoms with Gasteiger partial charge in [0.15, 0.2) is 0 Å². The highest BCUT2D eigenvalue weighted by molar-refractivity contribution is 7.88. The SMILES string of the molecule is CS(=O)(=O)NCC1CCN(c2nccc3nc(C(F)(F)F)ccc23)CC1. The Morgan fingerprint density at radius 3 is 2.54 bits per heavy atom. The first-order valence-corrected chi connectivity index (χ1v) is 10.1. The summed E-state index contributed by atoms with van der Waals surface area (Å²) in [6.07, 6.45) is -0.349. The lowest BCUT2D eigenvalue weighted by Crippen LogP contribution is -2.38. The summed E-state index contributed by atoms with van der Waals surface area (Å²) in [6, 6.07) is 3.85. The fraction of sp³-hybridized carbons (Fsp3) is 0.500. The Bertz CT molecular complexity index is 894. The van der Waals surface area contributed by atoms with Crippen LogP contribution in [0.1, 0.15) is 18.5 Å². The van der Waals surface area contributed by atoms with Gasteiger partial charge in [-0.1, -0.05) is 0 Å². The summed E-state index contributed by atoms with van der Waals surface area (Å²) in [5.41, 5.74) is -0.668. The molecule has 0 radical (unpaired) electrons. The van der Waals surface area contributed by atoms with Crippen molar-refractivity contribution in [3.8, 4) is 0 Å². The number of nitrogens with zero attached hydrogens (tertiary/aromatic N) is 3. The monoisotopic (exact) mass is 388 g/mol. The highest BCUT2D eigenvalue weighted by atomic mass is 32.2. The second-order valence-corrected chi connectivity index (χ2v) is 8.28. The topological polar surface area (TPSA) is 75.2 Å². The van der Waals surface area contributed by atoms with Gasteiger partial charge in [0, 0.05) is 31.2 Å².